The average molecular weight is 378 g/mol. The Kier molecular flexibility index (Phi) is 5.62. The monoisotopic (exact) mass is 377 g/mol. The van der Waals surface area contributed by atoms with Gasteiger partial charge in [-0.3, -0.25) is 4.90 Å². The summed E-state index contributed by atoms with van der Waals surface area (Å²) >= 11 is 6.36. The van der Waals surface area contributed by atoms with E-state index < -0.39 is 0 Å². The van der Waals surface area contributed by atoms with Crippen LogP contribution in [0, 0.1) is 0 Å². The van der Waals surface area contributed by atoms with Crippen LogP contribution in [0.2, 0.25) is 0 Å². The second-order valence-electron chi connectivity index (χ2n) is 7.58. The van der Waals surface area contributed by atoms with Crippen molar-refractivity contribution in [3.8, 4) is 6.01 Å². The lowest BCUT2D eigenvalue weighted by atomic mass is 9.93. The van der Waals surface area contributed by atoms with E-state index in [-0.39, 0.29) is 6.01 Å². The lowest BCUT2D eigenvalue weighted by Crippen LogP contribution is -2.51. The third-order valence-corrected chi connectivity index (χ3v) is 6.26. The van der Waals surface area contributed by atoms with Crippen molar-refractivity contribution in [2.24, 2.45) is 0 Å². The second-order valence-corrected chi connectivity index (χ2v) is 8.20. The van der Waals surface area contributed by atoms with Gasteiger partial charge in [-0.2, -0.15) is 0 Å². The van der Waals surface area contributed by atoms with Crippen molar-refractivity contribution in [3.63, 3.8) is 0 Å². The maximum atomic E-state index is 11.9. The molecule has 1 saturated heterocycles. The van der Waals surface area contributed by atoms with Gasteiger partial charge < -0.3 is 10.0 Å². The Morgan fingerprint density at radius 3 is 2.81 bits per heavy atom. The fourth-order valence-corrected chi connectivity index (χ4v) is 4.77. The van der Waals surface area contributed by atoms with Crippen LogP contribution in [0.3, 0.4) is 0 Å². The van der Waals surface area contributed by atoms with Crippen LogP contribution < -0.4 is 9.51 Å². The Balaban J connectivity index is 1.24. The zero-order valence-corrected chi connectivity index (χ0v) is 16.0. The van der Waals surface area contributed by atoms with Gasteiger partial charge in [-0.25, -0.2) is 4.40 Å². The van der Waals surface area contributed by atoms with E-state index in [9.17, 15) is 5.11 Å². The highest BCUT2D eigenvalue weighted by atomic mass is 35.5. The summed E-state index contributed by atoms with van der Waals surface area (Å²) in [5.74, 6) is 0. The van der Waals surface area contributed by atoms with Gasteiger partial charge in [-0.1, -0.05) is 12.5 Å². The molecule has 0 amide bonds. The van der Waals surface area contributed by atoms with E-state index in [2.05, 4.69) is 14.9 Å². The van der Waals surface area contributed by atoms with Crippen molar-refractivity contribution in [1.29, 1.82) is 0 Å². The Hall–Kier alpha value is -1.37. The minimum atomic E-state index is -0.195. The van der Waals surface area contributed by atoms with Gasteiger partial charge >= 0.3 is 0 Å². The molecule has 1 saturated carbocycles. The highest BCUT2D eigenvalue weighted by Crippen LogP contribution is 2.27. The number of alkyl halides is 1. The summed E-state index contributed by atoms with van der Waals surface area (Å²) in [4.78, 5) is 5.18. The van der Waals surface area contributed by atoms with Crippen molar-refractivity contribution >= 4 is 17.2 Å². The first-order valence-corrected chi connectivity index (χ1v) is 10.3. The SMILES string of the molecule is [O-]c1nn(CCCN2CCN(C3CCCC(Cl)C3)CC2)c2cccc[n+]12. The van der Waals surface area contributed by atoms with Crippen molar-refractivity contribution in [1.82, 2.24) is 19.6 Å². The number of rotatable bonds is 5. The molecular weight excluding hydrogens is 350 g/mol. The van der Waals surface area contributed by atoms with E-state index in [0.29, 0.717) is 11.4 Å². The standard InChI is InChI=1S/C19H28ClN5O/c20-16-5-3-6-17(15-16)23-13-11-22(12-14-23)8-4-10-25-18-7-1-2-9-24(18)19(26)21-25/h1-2,7,9,16-17H,3-6,8,10-15H2. The van der Waals surface area contributed by atoms with Crippen molar-refractivity contribution in [2.45, 2.75) is 50.1 Å². The summed E-state index contributed by atoms with van der Waals surface area (Å²) in [7, 11) is 0. The summed E-state index contributed by atoms with van der Waals surface area (Å²) in [5.41, 5.74) is 0.871. The molecule has 26 heavy (non-hydrogen) atoms. The van der Waals surface area contributed by atoms with Gasteiger partial charge in [0.2, 0.25) is 6.01 Å². The van der Waals surface area contributed by atoms with Gasteiger partial charge in [-0.05, 0) is 31.7 Å². The number of piperazine rings is 1. The third kappa shape index (κ3) is 3.97. The Morgan fingerprint density at radius 2 is 2.00 bits per heavy atom. The summed E-state index contributed by atoms with van der Waals surface area (Å²) in [6.07, 6.45) is 7.71. The van der Waals surface area contributed by atoms with E-state index in [0.717, 1.165) is 57.8 Å². The minimum absolute atomic E-state index is 0.195. The van der Waals surface area contributed by atoms with Crippen LogP contribution in [0.5, 0.6) is 6.01 Å². The normalized spacial score (nSPS) is 25.7. The van der Waals surface area contributed by atoms with Crippen LogP contribution in [-0.4, -0.2) is 63.7 Å². The summed E-state index contributed by atoms with van der Waals surface area (Å²) in [5, 5.41) is 16.4. The van der Waals surface area contributed by atoms with Crippen molar-refractivity contribution < 1.29 is 9.51 Å². The van der Waals surface area contributed by atoms with Crippen LogP contribution >= 0.6 is 11.6 Å². The Labute approximate surface area is 160 Å². The van der Waals surface area contributed by atoms with Crippen LogP contribution in [0.1, 0.15) is 32.1 Å². The molecule has 0 bridgehead atoms. The second kappa shape index (κ2) is 8.11. The lowest BCUT2D eigenvalue weighted by molar-refractivity contribution is -0.586. The predicted molar refractivity (Wildman–Crippen MR) is 99.4 cm³/mol. The molecule has 2 unspecified atom stereocenters. The van der Waals surface area contributed by atoms with E-state index >= 15 is 0 Å². The summed E-state index contributed by atoms with van der Waals surface area (Å²) in [6.45, 7) is 6.41. The molecule has 7 heteroatoms. The van der Waals surface area contributed by atoms with Crippen LogP contribution in [0.25, 0.3) is 5.65 Å². The molecule has 142 valence electrons. The molecule has 1 aliphatic carbocycles. The maximum absolute atomic E-state index is 11.9. The molecule has 2 aliphatic rings. The zero-order chi connectivity index (χ0) is 17.9. The highest BCUT2D eigenvalue weighted by Gasteiger charge is 2.28. The molecule has 2 aromatic heterocycles. The molecule has 4 rings (SSSR count). The van der Waals surface area contributed by atoms with Gasteiger partial charge in [0.25, 0.3) is 5.65 Å². The van der Waals surface area contributed by atoms with Crippen molar-refractivity contribution in [3.05, 3.63) is 24.4 Å². The van der Waals surface area contributed by atoms with Crippen LogP contribution in [0.4, 0.5) is 0 Å². The molecule has 1 aliphatic heterocycles. The number of pyridine rings is 1. The molecular formula is C19H28ClN5O. The molecule has 0 radical (unpaired) electrons. The van der Waals surface area contributed by atoms with Crippen molar-refractivity contribution in [2.75, 3.05) is 32.7 Å². The molecule has 2 aromatic rings. The number of aromatic nitrogens is 3. The number of nitrogens with zero attached hydrogens (tertiary/aromatic N) is 5. The van der Waals surface area contributed by atoms with Gasteiger partial charge in [0, 0.05) is 55.3 Å². The molecule has 2 atom stereocenters. The van der Waals surface area contributed by atoms with Gasteiger partial charge in [-0.15, -0.1) is 16.3 Å². The summed E-state index contributed by atoms with van der Waals surface area (Å²) < 4.78 is 3.44. The Morgan fingerprint density at radius 1 is 1.15 bits per heavy atom. The number of fused-ring (bicyclic) bond motifs is 1. The fourth-order valence-electron chi connectivity index (χ4n) is 4.41. The fraction of sp³-hybridized carbons (Fsp3) is 0.684. The quantitative estimate of drug-likeness (QED) is 0.581. The molecule has 0 spiro atoms. The first-order valence-electron chi connectivity index (χ1n) is 9.85. The van der Waals surface area contributed by atoms with E-state index in [4.69, 9.17) is 11.6 Å². The number of hydrogen-bond donors (Lipinski definition) is 0. The van der Waals surface area contributed by atoms with Crippen LogP contribution in [0.15, 0.2) is 24.4 Å². The predicted octanol–water partition coefficient (Wildman–Crippen LogP) is 1.25. The third-order valence-electron chi connectivity index (χ3n) is 5.87. The summed E-state index contributed by atoms with van der Waals surface area (Å²) in [6, 6.07) is 6.25. The molecule has 0 N–H and O–H groups in total. The van der Waals surface area contributed by atoms with E-state index in [1.54, 1.807) is 10.6 Å². The highest BCUT2D eigenvalue weighted by molar-refractivity contribution is 6.20. The molecule has 2 fully saturated rings. The maximum Gasteiger partial charge on any atom is 0.264 e. The zero-order valence-electron chi connectivity index (χ0n) is 15.3. The average Bonchev–Trinajstić information content (AvgIpc) is 2.99. The van der Waals surface area contributed by atoms with E-state index in [1.807, 2.05) is 22.9 Å². The van der Waals surface area contributed by atoms with Gasteiger partial charge in [0.05, 0.1) is 6.20 Å². The Bertz CT molecular complexity index is 728. The van der Waals surface area contributed by atoms with Gasteiger partial charge in [0.1, 0.15) is 6.54 Å². The largest absolute Gasteiger partial charge is 0.817 e. The topological polar surface area (TPSA) is 51.5 Å². The lowest BCUT2D eigenvalue weighted by Gasteiger charge is -2.41. The molecule has 3 heterocycles. The number of aryl methyl sites for hydroxylation is 1. The molecule has 6 nitrogen and oxygen atoms in total. The minimum Gasteiger partial charge on any atom is -0.817 e. The first kappa shape index (κ1) is 18.0. The smallest absolute Gasteiger partial charge is 0.264 e. The van der Waals surface area contributed by atoms with Crippen LogP contribution in [-0.2, 0) is 6.54 Å². The first-order chi connectivity index (χ1) is 12.7. The number of halogens is 1. The van der Waals surface area contributed by atoms with Gasteiger partial charge in [0.15, 0.2) is 0 Å². The molecule has 0 aromatic carbocycles. The number of hydrogen-bond acceptors (Lipinski definition) is 4. The van der Waals surface area contributed by atoms with E-state index in [1.165, 1.54) is 19.3 Å².